The van der Waals surface area contributed by atoms with Gasteiger partial charge in [0.25, 0.3) is 0 Å². The molecule has 0 aliphatic carbocycles. The van der Waals surface area contributed by atoms with Crippen LogP contribution in [0.4, 0.5) is 4.39 Å². The van der Waals surface area contributed by atoms with Crippen LogP contribution in [-0.2, 0) is 0 Å². The number of benzene rings is 1. The van der Waals surface area contributed by atoms with E-state index in [2.05, 4.69) is 0 Å². The van der Waals surface area contributed by atoms with Gasteiger partial charge in [-0.3, -0.25) is 4.79 Å². The predicted molar refractivity (Wildman–Crippen MR) is 69.1 cm³/mol. The zero-order chi connectivity index (χ0) is 12.3. The SMILES string of the molecule is O=C(/C=C/c1c(F)cccc1Cl)c1cccs1. The van der Waals surface area contributed by atoms with Gasteiger partial charge >= 0.3 is 0 Å². The van der Waals surface area contributed by atoms with Crippen molar-refractivity contribution < 1.29 is 9.18 Å². The Labute approximate surface area is 107 Å². The van der Waals surface area contributed by atoms with E-state index in [1.54, 1.807) is 18.2 Å². The van der Waals surface area contributed by atoms with Gasteiger partial charge in [-0.2, -0.15) is 0 Å². The number of halogens is 2. The molecular formula is C13H8ClFOS. The Morgan fingerprint density at radius 3 is 2.76 bits per heavy atom. The van der Waals surface area contributed by atoms with Crippen molar-refractivity contribution in [1.29, 1.82) is 0 Å². The van der Waals surface area contributed by atoms with Gasteiger partial charge in [0.15, 0.2) is 5.78 Å². The number of allylic oxidation sites excluding steroid dienone is 1. The molecule has 0 aliphatic heterocycles. The Hall–Kier alpha value is -1.45. The van der Waals surface area contributed by atoms with Crippen molar-refractivity contribution >= 4 is 34.8 Å². The van der Waals surface area contributed by atoms with E-state index in [-0.39, 0.29) is 11.3 Å². The van der Waals surface area contributed by atoms with Crippen molar-refractivity contribution in [2.75, 3.05) is 0 Å². The topological polar surface area (TPSA) is 17.1 Å². The minimum atomic E-state index is -0.437. The molecule has 2 aromatic rings. The first kappa shape index (κ1) is 12.0. The number of hydrogen-bond donors (Lipinski definition) is 0. The van der Waals surface area contributed by atoms with E-state index in [0.29, 0.717) is 9.90 Å². The van der Waals surface area contributed by atoms with Crippen LogP contribution < -0.4 is 0 Å². The molecule has 4 heteroatoms. The molecule has 0 bridgehead atoms. The summed E-state index contributed by atoms with van der Waals surface area (Å²) in [4.78, 5) is 12.3. The van der Waals surface area contributed by atoms with Crippen LogP contribution in [0.15, 0.2) is 41.8 Å². The van der Waals surface area contributed by atoms with E-state index < -0.39 is 5.82 Å². The summed E-state index contributed by atoms with van der Waals surface area (Å²) in [5, 5.41) is 2.11. The largest absolute Gasteiger partial charge is 0.288 e. The fraction of sp³-hybridized carbons (Fsp3) is 0. The Morgan fingerprint density at radius 1 is 1.29 bits per heavy atom. The molecule has 0 saturated heterocycles. The summed E-state index contributed by atoms with van der Waals surface area (Å²) >= 11 is 7.18. The number of ketones is 1. The van der Waals surface area contributed by atoms with E-state index in [1.165, 1.54) is 35.6 Å². The van der Waals surface area contributed by atoms with Gasteiger partial charge in [-0.05, 0) is 35.7 Å². The molecule has 0 N–H and O–H groups in total. The lowest BCUT2D eigenvalue weighted by molar-refractivity contribution is 0.105. The molecular weight excluding hydrogens is 259 g/mol. The van der Waals surface area contributed by atoms with E-state index in [4.69, 9.17) is 11.6 Å². The van der Waals surface area contributed by atoms with Crippen LogP contribution in [0, 0.1) is 5.82 Å². The summed E-state index contributed by atoms with van der Waals surface area (Å²) in [6.07, 6.45) is 2.73. The van der Waals surface area contributed by atoms with Gasteiger partial charge in [0.1, 0.15) is 5.82 Å². The number of thiophene rings is 1. The lowest BCUT2D eigenvalue weighted by atomic mass is 10.1. The molecule has 0 fully saturated rings. The molecule has 0 amide bonds. The highest BCUT2D eigenvalue weighted by molar-refractivity contribution is 7.12. The predicted octanol–water partition coefficient (Wildman–Crippen LogP) is 4.44. The maximum Gasteiger partial charge on any atom is 0.195 e. The van der Waals surface area contributed by atoms with Crippen molar-refractivity contribution in [3.05, 3.63) is 63.1 Å². The van der Waals surface area contributed by atoms with Gasteiger partial charge in [-0.15, -0.1) is 11.3 Å². The van der Waals surface area contributed by atoms with Crippen LogP contribution in [0.2, 0.25) is 5.02 Å². The molecule has 0 atom stereocenters. The zero-order valence-electron chi connectivity index (χ0n) is 8.69. The second kappa shape index (κ2) is 5.25. The van der Waals surface area contributed by atoms with Crippen LogP contribution >= 0.6 is 22.9 Å². The monoisotopic (exact) mass is 266 g/mol. The number of carbonyl (C=O) groups excluding carboxylic acids is 1. The van der Waals surface area contributed by atoms with Gasteiger partial charge in [-0.25, -0.2) is 4.39 Å². The molecule has 0 unspecified atom stereocenters. The van der Waals surface area contributed by atoms with Crippen molar-refractivity contribution in [3.8, 4) is 0 Å². The molecule has 1 aromatic heterocycles. The third-order valence-electron chi connectivity index (χ3n) is 2.17. The summed E-state index contributed by atoms with van der Waals surface area (Å²) in [5.41, 5.74) is 0.235. The summed E-state index contributed by atoms with van der Waals surface area (Å²) in [6.45, 7) is 0. The van der Waals surface area contributed by atoms with Crippen LogP contribution in [0.25, 0.3) is 6.08 Å². The third kappa shape index (κ3) is 2.81. The van der Waals surface area contributed by atoms with Crippen molar-refractivity contribution in [1.82, 2.24) is 0 Å². The molecule has 0 spiro atoms. The normalized spacial score (nSPS) is 10.9. The Kier molecular flexibility index (Phi) is 3.71. The van der Waals surface area contributed by atoms with Crippen LogP contribution in [0.3, 0.4) is 0 Å². The highest BCUT2D eigenvalue weighted by Gasteiger charge is 2.05. The molecule has 2 rings (SSSR count). The summed E-state index contributed by atoms with van der Waals surface area (Å²) in [7, 11) is 0. The Bertz CT molecular complexity index is 541. The van der Waals surface area contributed by atoms with E-state index in [1.807, 2.05) is 5.38 Å². The Balaban J connectivity index is 2.24. The molecule has 1 heterocycles. The van der Waals surface area contributed by atoms with E-state index >= 15 is 0 Å². The molecule has 1 nitrogen and oxygen atoms in total. The van der Waals surface area contributed by atoms with Gasteiger partial charge in [0.2, 0.25) is 0 Å². The van der Waals surface area contributed by atoms with Crippen molar-refractivity contribution in [2.24, 2.45) is 0 Å². The quantitative estimate of drug-likeness (QED) is 0.593. The smallest absolute Gasteiger partial charge is 0.195 e. The maximum atomic E-state index is 13.4. The summed E-state index contributed by atoms with van der Waals surface area (Å²) in [6, 6.07) is 7.93. The number of carbonyl (C=O) groups is 1. The highest BCUT2D eigenvalue weighted by atomic mass is 35.5. The fourth-order valence-corrected chi connectivity index (χ4v) is 2.20. The van der Waals surface area contributed by atoms with Gasteiger partial charge < -0.3 is 0 Å². The van der Waals surface area contributed by atoms with Crippen LogP contribution in [0.5, 0.6) is 0 Å². The first-order valence-electron chi connectivity index (χ1n) is 4.88. The lowest BCUT2D eigenvalue weighted by Crippen LogP contribution is -1.90. The molecule has 1 aromatic carbocycles. The van der Waals surface area contributed by atoms with Gasteiger partial charge in [0, 0.05) is 5.56 Å². The third-order valence-corrected chi connectivity index (χ3v) is 3.38. The van der Waals surface area contributed by atoms with Crippen LogP contribution in [0.1, 0.15) is 15.2 Å². The summed E-state index contributed by atoms with van der Waals surface area (Å²) < 4.78 is 13.4. The Morgan fingerprint density at radius 2 is 2.12 bits per heavy atom. The first-order valence-corrected chi connectivity index (χ1v) is 6.14. The zero-order valence-corrected chi connectivity index (χ0v) is 10.3. The van der Waals surface area contributed by atoms with E-state index in [0.717, 1.165) is 0 Å². The van der Waals surface area contributed by atoms with E-state index in [9.17, 15) is 9.18 Å². The minimum absolute atomic E-state index is 0.153. The number of rotatable bonds is 3. The molecule has 17 heavy (non-hydrogen) atoms. The maximum absolute atomic E-state index is 13.4. The second-order valence-corrected chi connectivity index (χ2v) is 4.67. The lowest BCUT2D eigenvalue weighted by Gasteiger charge is -1.98. The van der Waals surface area contributed by atoms with Gasteiger partial charge in [-0.1, -0.05) is 23.7 Å². The first-order chi connectivity index (χ1) is 8.18. The minimum Gasteiger partial charge on any atom is -0.288 e. The average molecular weight is 267 g/mol. The average Bonchev–Trinajstić information content (AvgIpc) is 2.81. The fourth-order valence-electron chi connectivity index (χ4n) is 1.33. The number of hydrogen-bond acceptors (Lipinski definition) is 2. The van der Waals surface area contributed by atoms with Crippen molar-refractivity contribution in [3.63, 3.8) is 0 Å². The van der Waals surface area contributed by atoms with Crippen LogP contribution in [-0.4, -0.2) is 5.78 Å². The standard InChI is InChI=1S/C13H8ClFOS/c14-10-3-1-4-11(15)9(10)6-7-12(16)13-5-2-8-17-13/h1-8H/b7-6+. The highest BCUT2D eigenvalue weighted by Crippen LogP contribution is 2.21. The van der Waals surface area contributed by atoms with Crippen molar-refractivity contribution in [2.45, 2.75) is 0 Å². The second-order valence-electron chi connectivity index (χ2n) is 3.31. The molecule has 86 valence electrons. The summed E-state index contributed by atoms with van der Waals surface area (Å²) in [5.74, 6) is -0.591. The molecule has 0 aliphatic rings. The molecule has 0 saturated carbocycles. The van der Waals surface area contributed by atoms with Gasteiger partial charge in [0.05, 0.1) is 9.90 Å². The molecule has 0 radical (unpaired) electrons.